The van der Waals surface area contributed by atoms with E-state index in [1.54, 1.807) is 0 Å². The van der Waals surface area contributed by atoms with Gasteiger partial charge in [-0.1, -0.05) is 13.8 Å². The van der Waals surface area contributed by atoms with E-state index in [0.29, 0.717) is 23.5 Å². The highest BCUT2D eigenvalue weighted by molar-refractivity contribution is 7.91. The normalized spacial score (nSPS) is 46.1. The van der Waals surface area contributed by atoms with E-state index in [1.807, 2.05) is 0 Å². The molecule has 0 aromatic carbocycles. The molecule has 2 rings (SSSR count). The first-order valence-corrected chi connectivity index (χ1v) is 7.26. The maximum absolute atomic E-state index is 11.2. The average Bonchev–Trinajstić information content (AvgIpc) is 2.45. The molecule has 2 aliphatic rings. The Kier molecular flexibility index (Phi) is 2.60. The first-order valence-electron chi connectivity index (χ1n) is 5.44. The maximum atomic E-state index is 11.2. The van der Waals surface area contributed by atoms with Crippen LogP contribution in [0.3, 0.4) is 0 Å². The molecule has 0 amide bonds. The first kappa shape index (κ1) is 10.4. The van der Waals surface area contributed by atoms with E-state index < -0.39 is 9.84 Å². The second-order valence-corrected chi connectivity index (χ2v) is 7.17. The van der Waals surface area contributed by atoms with Crippen molar-refractivity contribution in [2.24, 2.45) is 11.8 Å². The Hall–Kier alpha value is -0.0900. The van der Waals surface area contributed by atoms with Gasteiger partial charge in [0, 0.05) is 12.1 Å². The fourth-order valence-electron chi connectivity index (χ4n) is 2.48. The highest BCUT2D eigenvalue weighted by atomic mass is 32.2. The van der Waals surface area contributed by atoms with Gasteiger partial charge in [0.25, 0.3) is 0 Å². The van der Waals surface area contributed by atoms with Crippen LogP contribution in [0.15, 0.2) is 0 Å². The van der Waals surface area contributed by atoms with E-state index in [0.717, 1.165) is 12.3 Å². The first-order chi connectivity index (χ1) is 6.48. The summed E-state index contributed by atoms with van der Waals surface area (Å²) >= 11 is 0. The quantitative estimate of drug-likeness (QED) is 0.744. The van der Waals surface area contributed by atoms with E-state index in [-0.39, 0.29) is 6.04 Å². The molecule has 0 bridgehead atoms. The number of nitrogens with one attached hydrogen (secondary N) is 1. The van der Waals surface area contributed by atoms with Gasteiger partial charge in [-0.2, -0.15) is 0 Å². The molecule has 1 N–H and O–H groups in total. The molecule has 1 aliphatic carbocycles. The summed E-state index contributed by atoms with van der Waals surface area (Å²) in [5, 5.41) is 3.47. The third-order valence-corrected chi connectivity index (χ3v) is 5.61. The van der Waals surface area contributed by atoms with Gasteiger partial charge in [-0.05, 0) is 24.7 Å². The minimum atomic E-state index is -2.72. The lowest BCUT2D eigenvalue weighted by Crippen LogP contribution is -2.52. The minimum absolute atomic E-state index is 0.222. The van der Waals surface area contributed by atoms with Gasteiger partial charge in [-0.25, -0.2) is 8.42 Å². The molecule has 0 spiro atoms. The number of rotatable bonds is 2. The summed E-state index contributed by atoms with van der Waals surface area (Å²) in [6.07, 6.45) is 2.01. The number of hydrogen-bond acceptors (Lipinski definition) is 3. The van der Waals surface area contributed by atoms with Crippen molar-refractivity contribution >= 4 is 9.84 Å². The molecule has 0 aromatic heterocycles. The van der Waals surface area contributed by atoms with Crippen LogP contribution in [-0.4, -0.2) is 32.0 Å². The molecule has 4 unspecified atom stereocenters. The molecule has 3 nitrogen and oxygen atoms in total. The van der Waals surface area contributed by atoms with Gasteiger partial charge in [0.2, 0.25) is 0 Å². The van der Waals surface area contributed by atoms with Crippen LogP contribution >= 0.6 is 0 Å². The lowest BCUT2D eigenvalue weighted by atomic mass is 9.71. The highest BCUT2D eigenvalue weighted by Gasteiger charge is 2.37. The number of hydrogen-bond donors (Lipinski definition) is 1. The molecular weight excluding hydrogens is 198 g/mol. The molecule has 14 heavy (non-hydrogen) atoms. The Morgan fingerprint density at radius 3 is 2.43 bits per heavy atom. The van der Waals surface area contributed by atoms with Crippen LogP contribution in [0, 0.1) is 11.8 Å². The third kappa shape index (κ3) is 1.96. The summed E-state index contributed by atoms with van der Waals surface area (Å²) in [6, 6.07) is 0.781. The van der Waals surface area contributed by atoms with Gasteiger partial charge in [0.15, 0.2) is 9.84 Å². The van der Waals surface area contributed by atoms with Crippen molar-refractivity contribution in [3.63, 3.8) is 0 Å². The average molecular weight is 217 g/mol. The molecule has 0 aromatic rings. The topological polar surface area (TPSA) is 46.2 Å². The second kappa shape index (κ2) is 3.49. The van der Waals surface area contributed by atoms with Crippen molar-refractivity contribution in [1.29, 1.82) is 0 Å². The predicted molar refractivity (Wildman–Crippen MR) is 56.9 cm³/mol. The van der Waals surface area contributed by atoms with Crippen molar-refractivity contribution in [1.82, 2.24) is 5.32 Å². The third-order valence-electron chi connectivity index (χ3n) is 3.84. The van der Waals surface area contributed by atoms with Gasteiger partial charge in [-0.3, -0.25) is 0 Å². The van der Waals surface area contributed by atoms with Crippen molar-refractivity contribution in [2.75, 3.05) is 11.5 Å². The van der Waals surface area contributed by atoms with Crippen LogP contribution in [0.2, 0.25) is 0 Å². The minimum Gasteiger partial charge on any atom is -0.310 e. The fourth-order valence-corrected chi connectivity index (χ4v) is 4.17. The van der Waals surface area contributed by atoms with Crippen LogP contribution in [0.5, 0.6) is 0 Å². The SMILES string of the molecule is CC1CC(NC2CCS(=O)(=O)C2)C1C. The molecule has 2 fully saturated rings. The van der Waals surface area contributed by atoms with E-state index in [2.05, 4.69) is 19.2 Å². The molecule has 0 radical (unpaired) electrons. The lowest BCUT2D eigenvalue weighted by molar-refractivity contribution is 0.128. The van der Waals surface area contributed by atoms with Gasteiger partial charge in [0.1, 0.15) is 0 Å². The predicted octanol–water partition coefficient (Wildman–Crippen LogP) is 0.808. The van der Waals surface area contributed by atoms with Crippen LogP contribution in [-0.2, 0) is 9.84 Å². The largest absolute Gasteiger partial charge is 0.310 e. The van der Waals surface area contributed by atoms with Crippen LogP contribution in [0.1, 0.15) is 26.7 Å². The summed E-state index contributed by atoms with van der Waals surface area (Å²) in [7, 11) is -2.72. The van der Waals surface area contributed by atoms with E-state index in [1.165, 1.54) is 6.42 Å². The van der Waals surface area contributed by atoms with E-state index >= 15 is 0 Å². The zero-order valence-corrected chi connectivity index (χ0v) is 9.68. The number of sulfone groups is 1. The highest BCUT2D eigenvalue weighted by Crippen LogP contribution is 2.34. The summed E-state index contributed by atoms with van der Waals surface area (Å²) in [6.45, 7) is 4.50. The molecular formula is C10H19NO2S. The zero-order chi connectivity index (χ0) is 10.3. The Bertz CT molecular complexity index is 312. The van der Waals surface area contributed by atoms with Gasteiger partial charge in [0.05, 0.1) is 11.5 Å². The van der Waals surface area contributed by atoms with Crippen molar-refractivity contribution < 1.29 is 8.42 Å². The molecule has 4 heteroatoms. The molecule has 1 aliphatic heterocycles. The summed E-state index contributed by atoms with van der Waals surface area (Å²) in [5.74, 6) is 2.23. The lowest BCUT2D eigenvalue weighted by Gasteiger charge is -2.42. The zero-order valence-electron chi connectivity index (χ0n) is 8.86. The molecule has 4 atom stereocenters. The van der Waals surface area contributed by atoms with E-state index in [4.69, 9.17) is 0 Å². The van der Waals surface area contributed by atoms with Crippen molar-refractivity contribution in [3.8, 4) is 0 Å². The van der Waals surface area contributed by atoms with Crippen LogP contribution in [0.25, 0.3) is 0 Å². The molecule has 1 saturated heterocycles. The summed E-state index contributed by atoms with van der Waals surface area (Å²) in [5.41, 5.74) is 0. The monoisotopic (exact) mass is 217 g/mol. The standard InChI is InChI=1S/C10H19NO2S/c1-7-5-10(8(7)2)11-9-3-4-14(12,13)6-9/h7-11H,3-6H2,1-2H3. The van der Waals surface area contributed by atoms with E-state index in [9.17, 15) is 8.42 Å². The summed E-state index contributed by atoms with van der Waals surface area (Å²) < 4.78 is 22.5. The van der Waals surface area contributed by atoms with Crippen LogP contribution in [0.4, 0.5) is 0 Å². The Morgan fingerprint density at radius 1 is 1.29 bits per heavy atom. The van der Waals surface area contributed by atoms with Gasteiger partial charge < -0.3 is 5.32 Å². The fraction of sp³-hybridized carbons (Fsp3) is 1.00. The maximum Gasteiger partial charge on any atom is 0.151 e. The molecule has 82 valence electrons. The molecule has 1 heterocycles. The van der Waals surface area contributed by atoms with Crippen molar-refractivity contribution in [2.45, 2.75) is 38.8 Å². The van der Waals surface area contributed by atoms with Gasteiger partial charge in [-0.15, -0.1) is 0 Å². The Morgan fingerprint density at radius 2 is 2.00 bits per heavy atom. The second-order valence-electron chi connectivity index (χ2n) is 4.95. The Labute approximate surface area is 86.2 Å². The molecule has 1 saturated carbocycles. The smallest absolute Gasteiger partial charge is 0.151 e. The van der Waals surface area contributed by atoms with Gasteiger partial charge >= 0.3 is 0 Å². The summed E-state index contributed by atoms with van der Waals surface area (Å²) in [4.78, 5) is 0. The van der Waals surface area contributed by atoms with Crippen LogP contribution < -0.4 is 5.32 Å². The van der Waals surface area contributed by atoms with Crippen molar-refractivity contribution in [3.05, 3.63) is 0 Å². The Balaban J connectivity index is 1.83.